The number of hydrogen-bond donors (Lipinski definition) is 0. The van der Waals surface area contributed by atoms with E-state index < -0.39 is 0 Å². The van der Waals surface area contributed by atoms with Gasteiger partial charge in [-0.05, 0) is 73.4 Å². The van der Waals surface area contributed by atoms with E-state index in [1.807, 2.05) is 42.7 Å². The van der Waals surface area contributed by atoms with Gasteiger partial charge in [0, 0.05) is 23.9 Å². The summed E-state index contributed by atoms with van der Waals surface area (Å²) in [6, 6.07) is 36.1. The first kappa shape index (κ1) is 30.6. The fourth-order valence-electron chi connectivity index (χ4n) is 5.49. The SMILES string of the molecule is CC(C)(C)Cc1cccc2c1ccc1ccnc(-c3[c-]c(Oc4[c-]c(-c5cc(C(C)(C)C)ccn5)ccc4)ccc3)c12.[Pt+2]. The van der Waals surface area contributed by atoms with Gasteiger partial charge in [-0.15, -0.1) is 47.5 Å². The molecule has 0 aliphatic heterocycles. The molecule has 0 bridgehead atoms. The van der Waals surface area contributed by atoms with Gasteiger partial charge in [-0.25, -0.2) is 0 Å². The average molecular weight is 744 g/mol. The number of pyridine rings is 2. The molecule has 4 heteroatoms. The summed E-state index contributed by atoms with van der Waals surface area (Å²) in [7, 11) is 0. The zero-order valence-corrected chi connectivity index (χ0v) is 27.8. The van der Waals surface area contributed by atoms with Crippen LogP contribution in [-0.4, -0.2) is 9.97 Å². The number of aromatic nitrogens is 2. The van der Waals surface area contributed by atoms with Gasteiger partial charge in [-0.2, -0.15) is 0 Å². The molecule has 0 saturated carbocycles. The van der Waals surface area contributed by atoms with Crippen LogP contribution in [0.3, 0.4) is 0 Å². The first-order chi connectivity index (χ1) is 20.0. The molecule has 0 atom stereocenters. The van der Waals surface area contributed by atoms with Crippen molar-refractivity contribution in [2.75, 3.05) is 0 Å². The molecule has 2 heterocycles. The third kappa shape index (κ3) is 6.73. The Hall–Kier alpha value is -3.81. The van der Waals surface area contributed by atoms with Gasteiger partial charge >= 0.3 is 21.1 Å². The van der Waals surface area contributed by atoms with Crippen molar-refractivity contribution in [3.8, 4) is 34.0 Å². The quantitative estimate of drug-likeness (QED) is 0.130. The molecule has 0 saturated heterocycles. The summed E-state index contributed by atoms with van der Waals surface area (Å²) in [4.78, 5) is 9.46. The minimum Gasteiger partial charge on any atom is -0.497 e. The summed E-state index contributed by atoms with van der Waals surface area (Å²) < 4.78 is 6.31. The van der Waals surface area contributed by atoms with E-state index in [0.717, 1.165) is 39.7 Å². The molecule has 43 heavy (non-hydrogen) atoms. The van der Waals surface area contributed by atoms with E-state index in [2.05, 4.69) is 113 Å². The van der Waals surface area contributed by atoms with Crippen LogP contribution in [0.4, 0.5) is 0 Å². The van der Waals surface area contributed by atoms with Crippen LogP contribution < -0.4 is 4.74 Å². The Bertz CT molecular complexity index is 1910. The summed E-state index contributed by atoms with van der Waals surface area (Å²) in [6.45, 7) is 13.5. The maximum Gasteiger partial charge on any atom is 2.00 e. The minimum absolute atomic E-state index is 0. The standard InChI is InChI=1S/C39H36N2O.Pt/c1-38(2,3)25-29-12-9-15-34-33(29)17-16-26-18-20-41-37(36(26)34)28-11-8-14-32(23-28)42-31-13-7-10-27(22-31)35-24-30(19-21-40-35)39(4,5)6;/h7-21,24H,25H2,1-6H3;/q-2;+2. The van der Waals surface area contributed by atoms with E-state index >= 15 is 0 Å². The molecule has 218 valence electrons. The zero-order valence-electron chi connectivity index (χ0n) is 25.6. The van der Waals surface area contributed by atoms with Gasteiger partial charge in [-0.1, -0.05) is 90.1 Å². The Kier molecular flexibility index (Phi) is 8.59. The predicted molar refractivity (Wildman–Crippen MR) is 174 cm³/mol. The van der Waals surface area contributed by atoms with Crippen molar-refractivity contribution in [1.82, 2.24) is 9.97 Å². The van der Waals surface area contributed by atoms with Crippen LogP contribution in [0.1, 0.15) is 52.7 Å². The first-order valence-corrected chi connectivity index (χ1v) is 14.5. The minimum atomic E-state index is 0. The van der Waals surface area contributed by atoms with Crippen LogP contribution in [0, 0.1) is 17.5 Å². The monoisotopic (exact) mass is 743 g/mol. The molecule has 2 aromatic heterocycles. The van der Waals surface area contributed by atoms with Crippen LogP contribution in [-0.2, 0) is 32.9 Å². The number of nitrogens with zero attached hydrogens (tertiary/aromatic N) is 2. The second-order valence-electron chi connectivity index (χ2n) is 13.2. The van der Waals surface area contributed by atoms with Gasteiger partial charge in [0.05, 0.1) is 0 Å². The summed E-state index contributed by atoms with van der Waals surface area (Å²) in [5.74, 6) is 1.23. The molecule has 4 aromatic carbocycles. The van der Waals surface area contributed by atoms with E-state index in [-0.39, 0.29) is 31.9 Å². The van der Waals surface area contributed by atoms with Gasteiger partial charge < -0.3 is 14.7 Å². The third-order valence-electron chi connectivity index (χ3n) is 7.51. The second-order valence-corrected chi connectivity index (χ2v) is 13.2. The first-order valence-electron chi connectivity index (χ1n) is 14.5. The molecule has 0 unspecified atom stereocenters. The topological polar surface area (TPSA) is 35.0 Å². The molecule has 0 spiro atoms. The second kappa shape index (κ2) is 12.1. The molecule has 0 N–H and O–H groups in total. The van der Waals surface area contributed by atoms with Crippen molar-refractivity contribution in [3.05, 3.63) is 121 Å². The Morgan fingerprint density at radius 2 is 1.35 bits per heavy atom. The van der Waals surface area contributed by atoms with Crippen molar-refractivity contribution in [2.24, 2.45) is 5.41 Å². The Balaban J connectivity index is 0.00000368. The van der Waals surface area contributed by atoms with E-state index in [1.54, 1.807) is 0 Å². The van der Waals surface area contributed by atoms with Gasteiger partial charge in [0.1, 0.15) is 0 Å². The predicted octanol–water partition coefficient (Wildman–Crippen LogP) is 10.4. The molecule has 0 radical (unpaired) electrons. The van der Waals surface area contributed by atoms with Crippen LogP contribution in [0.2, 0.25) is 0 Å². The van der Waals surface area contributed by atoms with Crippen molar-refractivity contribution in [1.29, 1.82) is 0 Å². The van der Waals surface area contributed by atoms with Crippen LogP contribution in [0.15, 0.2) is 97.3 Å². The number of rotatable bonds is 5. The van der Waals surface area contributed by atoms with E-state index in [1.165, 1.54) is 21.9 Å². The Labute approximate surface area is 269 Å². The molecule has 3 nitrogen and oxygen atoms in total. The van der Waals surface area contributed by atoms with Crippen LogP contribution in [0.25, 0.3) is 44.1 Å². The summed E-state index contributed by atoms with van der Waals surface area (Å²) in [5, 5.41) is 4.78. The summed E-state index contributed by atoms with van der Waals surface area (Å²) in [6.07, 6.45) is 4.74. The average Bonchev–Trinajstić information content (AvgIpc) is 2.96. The van der Waals surface area contributed by atoms with E-state index in [0.29, 0.717) is 11.5 Å². The van der Waals surface area contributed by atoms with Crippen molar-refractivity contribution < 1.29 is 25.8 Å². The van der Waals surface area contributed by atoms with Crippen LogP contribution in [0.5, 0.6) is 11.5 Å². The van der Waals surface area contributed by atoms with Gasteiger partial charge in [0.2, 0.25) is 0 Å². The summed E-state index contributed by atoms with van der Waals surface area (Å²) >= 11 is 0. The van der Waals surface area contributed by atoms with Crippen LogP contribution >= 0.6 is 0 Å². The molecule has 0 fully saturated rings. The molecule has 0 amide bonds. The van der Waals surface area contributed by atoms with Gasteiger partial charge in [-0.3, -0.25) is 0 Å². The smallest absolute Gasteiger partial charge is 0.497 e. The third-order valence-corrected chi connectivity index (χ3v) is 7.51. The largest absolute Gasteiger partial charge is 2.00 e. The van der Waals surface area contributed by atoms with Gasteiger partial charge in [0.15, 0.2) is 0 Å². The Morgan fingerprint density at radius 1 is 0.674 bits per heavy atom. The maximum absolute atomic E-state index is 6.31. The fourth-order valence-corrected chi connectivity index (χ4v) is 5.49. The fraction of sp³-hybridized carbons (Fsp3) is 0.231. The molecular weight excluding hydrogens is 708 g/mol. The van der Waals surface area contributed by atoms with E-state index in [4.69, 9.17) is 9.72 Å². The molecular formula is C39H36N2OPt. The molecule has 0 aliphatic carbocycles. The van der Waals surface area contributed by atoms with Gasteiger partial charge in [0.25, 0.3) is 0 Å². The van der Waals surface area contributed by atoms with Crippen molar-refractivity contribution in [3.63, 3.8) is 0 Å². The number of fused-ring (bicyclic) bond motifs is 3. The number of ether oxygens (including phenoxy) is 1. The Morgan fingerprint density at radius 3 is 2.07 bits per heavy atom. The molecule has 6 rings (SSSR count). The number of hydrogen-bond acceptors (Lipinski definition) is 3. The molecule has 6 aromatic rings. The van der Waals surface area contributed by atoms with Crippen molar-refractivity contribution in [2.45, 2.75) is 53.4 Å². The van der Waals surface area contributed by atoms with E-state index in [9.17, 15) is 0 Å². The van der Waals surface area contributed by atoms with Crippen molar-refractivity contribution >= 4 is 21.5 Å². The summed E-state index contributed by atoms with van der Waals surface area (Å²) in [5.41, 5.74) is 6.38. The molecule has 0 aliphatic rings. The maximum atomic E-state index is 6.31. The normalized spacial score (nSPS) is 11.9. The number of benzene rings is 4. The zero-order chi connectivity index (χ0) is 29.5.